The van der Waals surface area contributed by atoms with E-state index in [1.807, 2.05) is 0 Å². The van der Waals surface area contributed by atoms with E-state index in [4.69, 9.17) is 0 Å². The minimum Gasteiger partial charge on any atom is -0.308 e. The van der Waals surface area contributed by atoms with E-state index in [-0.39, 0.29) is 0 Å². The summed E-state index contributed by atoms with van der Waals surface area (Å²) in [5.41, 5.74) is 0.841. The monoisotopic (exact) mass is 280 g/mol. The molecular formula is C18H36N2. The molecule has 2 heteroatoms. The van der Waals surface area contributed by atoms with Crippen LogP contribution in [0.5, 0.6) is 0 Å². The number of hydrogen-bond donors (Lipinski definition) is 1. The van der Waals surface area contributed by atoms with E-state index in [1.54, 1.807) is 0 Å². The zero-order valence-corrected chi connectivity index (χ0v) is 14.3. The van der Waals surface area contributed by atoms with Crippen LogP contribution in [0.4, 0.5) is 0 Å². The zero-order valence-electron chi connectivity index (χ0n) is 14.3. The Kier molecular flexibility index (Phi) is 5.53. The highest BCUT2D eigenvalue weighted by molar-refractivity contribution is 5.07. The average Bonchev–Trinajstić information content (AvgIpc) is 2.52. The zero-order chi connectivity index (χ0) is 14.6. The highest BCUT2D eigenvalue weighted by Crippen LogP contribution is 2.40. The third-order valence-electron chi connectivity index (χ3n) is 6.40. The van der Waals surface area contributed by atoms with Crippen molar-refractivity contribution in [3.63, 3.8) is 0 Å². The minimum atomic E-state index is 0.366. The third kappa shape index (κ3) is 2.92. The van der Waals surface area contributed by atoms with Gasteiger partial charge in [-0.1, -0.05) is 47.0 Å². The first-order chi connectivity index (χ1) is 9.65. The van der Waals surface area contributed by atoms with E-state index in [1.165, 1.54) is 70.9 Å². The summed E-state index contributed by atoms with van der Waals surface area (Å²) in [4.78, 5) is 2.95. The molecular weight excluding hydrogens is 244 g/mol. The minimum absolute atomic E-state index is 0.366. The summed E-state index contributed by atoms with van der Waals surface area (Å²) in [7, 11) is 0. The number of nitrogens with one attached hydrogen (secondary N) is 1. The molecule has 1 saturated carbocycles. The predicted molar refractivity (Wildman–Crippen MR) is 88.2 cm³/mol. The first-order valence-corrected chi connectivity index (χ1v) is 9.17. The van der Waals surface area contributed by atoms with E-state index in [0.29, 0.717) is 11.1 Å². The molecule has 2 aliphatic rings. The van der Waals surface area contributed by atoms with Gasteiger partial charge in [-0.3, -0.25) is 4.90 Å². The summed E-state index contributed by atoms with van der Waals surface area (Å²) < 4.78 is 0. The van der Waals surface area contributed by atoms with Gasteiger partial charge in [0.05, 0.1) is 0 Å². The van der Waals surface area contributed by atoms with Crippen molar-refractivity contribution in [1.82, 2.24) is 10.2 Å². The van der Waals surface area contributed by atoms with Crippen molar-refractivity contribution < 1.29 is 0 Å². The smallest absolute Gasteiger partial charge is 0.0337 e. The normalized spacial score (nSPS) is 26.2. The number of rotatable bonds is 5. The second-order valence-electron chi connectivity index (χ2n) is 7.22. The Bertz CT molecular complexity index is 286. The largest absolute Gasteiger partial charge is 0.308 e. The lowest BCUT2D eigenvalue weighted by Crippen LogP contribution is -2.72. The Morgan fingerprint density at radius 3 is 2.05 bits per heavy atom. The standard InChI is InChI=1S/C18H36N2/c1-5-16(6-2)20-15-17(7-3,8-4)19-14-18(20)12-10-9-11-13-18/h16,19H,5-15H2,1-4H3. The third-order valence-corrected chi connectivity index (χ3v) is 6.40. The van der Waals surface area contributed by atoms with E-state index >= 15 is 0 Å². The van der Waals surface area contributed by atoms with Gasteiger partial charge in [-0.2, -0.15) is 0 Å². The number of nitrogens with zero attached hydrogens (tertiary/aromatic N) is 1. The molecule has 118 valence electrons. The fraction of sp³-hybridized carbons (Fsp3) is 1.00. The van der Waals surface area contributed by atoms with Crippen molar-refractivity contribution in [2.24, 2.45) is 0 Å². The van der Waals surface area contributed by atoms with Crippen LogP contribution in [0.3, 0.4) is 0 Å². The maximum atomic E-state index is 3.98. The lowest BCUT2D eigenvalue weighted by molar-refractivity contribution is -0.0520. The molecule has 1 N–H and O–H groups in total. The molecule has 0 amide bonds. The van der Waals surface area contributed by atoms with Crippen LogP contribution in [-0.4, -0.2) is 35.1 Å². The van der Waals surface area contributed by atoms with Gasteiger partial charge < -0.3 is 5.32 Å². The first kappa shape index (κ1) is 16.3. The molecule has 0 bridgehead atoms. The quantitative estimate of drug-likeness (QED) is 0.806. The molecule has 0 unspecified atom stereocenters. The van der Waals surface area contributed by atoms with Gasteiger partial charge in [0.15, 0.2) is 0 Å². The fourth-order valence-electron chi connectivity index (χ4n) is 4.65. The molecule has 20 heavy (non-hydrogen) atoms. The van der Waals surface area contributed by atoms with Gasteiger partial charge in [0.1, 0.15) is 0 Å². The van der Waals surface area contributed by atoms with E-state index in [9.17, 15) is 0 Å². The molecule has 0 aromatic carbocycles. The summed E-state index contributed by atoms with van der Waals surface area (Å²) in [5.74, 6) is 0. The Balaban J connectivity index is 2.24. The number of hydrogen-bond acceptors (Lipinski definition) is 2. The van der Waals surface area contributed by atoms with Gasteiger partial charge in [0.25, 0.3) is 0 Å². The Hall–Kier alpha value is -0.0800. The van der Waals surface area contributed by atoms with Crippen LogP contribution in [0, 0.1) is 0 Å². The van der Waals surface area contributed by atoms with Gasteiger partial charge in [-0.15, -0.1) is 0 Å². The molecule has 0 aromatic heterocycles. The Morgan fingerprint density at radius 2 is 1.55 bits per heavy atom. The predicted octanol–water partition coefficient (Wildman–Crippen LogP) is 4.34. The molecule has 0 aromatic rings. The topological polar surface area (TPSA) is 15.3 Å². The second kappa shape index (κ2) is 6.79. The number of piperazine rings is 1. The van der Waals surface area contributed by atoms with Crippen molar-refractivity contribution in [1.29, 1.82) is 0 Å². The maximum Gasteiger partial charge on any atom is 0.0337 e. The van der Waals surface area contributed by atoms with Crippen LogP contribution >= 0.6 is 0 Å². The molecule has 0 atom stereocenters. The summed E-state index contributed by atoms with van der Waals surface area (Å²) >= 11 is 0. The molecule has 0 radical (unpaired) electrons. The van der Waals surface area contributed by atoms with Crippen molar-refractivity contribution >= 4 is 0 Å². The Labute approximate surface area is 126 Å². The second-order valence-corrected chi connectivity index (χ2v) is 7.22. The molecule has 2 fully saturated rings. The fourth-order valence-corrected chi connectivity index (χ4v) is 4.65. The van der Waals surface area contributed by atoms with E-state index in [2.05, 4.69) is 37.9 Å². The van der Waals surface area contributed by atoms with Crippen LogP contribution in [-0.2, 0) is 0 Å². The van der Waals surface area contributed by atoms with Gasteiger partial charge in [0.2, 0.25) is 0 Å². The molecule has 2 nitrogen and oxygen atoms in total. The molecule has 2 rings (SSSR count). The first-order valence-electron chi connectivity index (χ1n) is 9.17. The molecule has 1 spiro atoms. The van der Waals surface area contributed by atoms with E-state index < -0.39 is 0 Å². The lowest BCUT2D eigenvalue weighted by Gasteiger charge is -2.58. The lowest BCUT2D eigenvalue weighted by atomic mass is 9.74. The molecule has 1 heterocycles. The molecule has 1 aliphatic heterocycles. The Morgan fingerprint density at radius 1 is 0.950 bits per heavy atom. The highest BCUT2D eigenvalue weighted by atomic mass is 15.3. The van der Waals surface area contributed by atoms with Gasteiger partial charge >= 0.3 is 0 Å². The summed E-state index contributed by atoms with van der Waals surface area (Å²) in [6.45, 7) is 12.0. The van der Waals surface area contributed by atoms with Gasteiger partial charge in [-0.05, 0) is 38.5 Å². The van der Waals surface area contributed by atoms with Crippen molar-refractivity contribution in [2.75, 3.05) is 13.1 Å². The van der Waals surface area contributed by atoms with Crippen LogP contribution in [0.15, 0.2) is 0 Å². The van der Waals surface area contributed by atoms with Crippen molar-refractivity contribution in [3.8, 4) is 0 Å². The molecule has 1 saturated heterocycles. The maximum absolute atomic E-state index is 3.98. The summed E-state index contributed by atoms with van der Waals surface area (Å²) in [5, 5.41) is 3.98. The van der Waals surface area contributed by atoms with Crippen LogP contribution in [0.1, 0.15) is 85.5 Å². The van der Waals surface area contributed by atoms with Crippen molar-refractivity contribution in [2.45, 2.75) is 103 Å². The highest BCUT2D eigenvalue weighted by Gasteiger charge is 2.48. The summed E-state index contributed by atoms with van der Waals surface area (Å²) in [6.07, 6.45) is 12.3. The van der Waals surface area contributed by atoms with Gasteiger partial charge in [-0.25, -0.2) is 0 Å². The average molecular weight is 280 g/mol. The van der Waals surface area contributed by atoms with Gasteiger partial charge in [0, 0.05) is 30.2 Å². The molecule has 1 aliphatic carbocycles. The van der Waals surface area contributed by atoms with E-state index in [0.717, 1.165) is 6.04 Å². The van der Waals surface area contributed by atoms with Crippen LogP contribution in [0.2, 0.25) is 0 Å². The van der Waals surface area contributed by atoms with Crippen LogP contribution < -0.4 is 5.32 Å². The van der Waals surface area contributed by atoms with Crippen molar-refractivity contribution in [3.05, 3.63) is 0 Å². The van der Waals surface area contributed by atoms with Crippen LogP contribution in [0.25, 0.3) is 0 Å². The summed E-state index contributed by atoms with van der Waals surface area (Å²) in [6, 6.07) is 0.785. The SMILES string of the molecule is CCC(CC)N1CC(CC)(CC)NCC12CCCCC2.